The Hall–Kier alpha value is -2.90. The van der Waals surface area contributed by atoms with Crippen molar-refractivity contribution in [2.45, 2.75) is 47.0 Å². The lowest BCUT2D eigenvalue weighted by atomic mass is 9.80. The molecule has 2 aromatic rings. The Balaban J connectivity index is 1.49. The van der Waals surface area contributed by atoms with Gasteiger partial charge in [0.25, 0.3) is 0 Å². The highest BCUT2D eigenvalue weighted by atomic mass is 16.6. The first-order valence-corrected chi connectivity index (χ1v) is 10.3. The molecular formula is C22H30N4O4. The Kier molecular flexibility index (Phi) is 6.74. The summed E-state index contributed by atoms with van der Waals surface area (Å²) in [6, 6.07) is 6.02. The fraction of sp³-hybridized carbons (Fsp3) is 0.545. The number of benzene rings is 1. The molecule has 1 aromatic carbocycles. The van der Waals surface area contributed by atoms with Gasteiger partial charge < -0.3 is 15.0 Å². The number of nitrogens with one attached hydrogen (secondary N) is 1. The van der Waals surface area contributed by atoms with E-state index in [1.807, 2.05) is 32.9 Å². The van der Waals surface area contributed by atoms with Gasteiger partial charge >= 0.3 is 0 Å². The normalized spacial score (nSPS) is 18.9. The summed E-state index contributed by atoms with van der Waals surface area (Å²) in [5.41, 5.74) is 2.80. The van der Waals surface area contributed by atoms with E-state index in [9.17, 15) is 9.59 Å². The molecule has 1 saturated heterocycles. The molecule has 0 radical (unpaired) electrons. The van der Waals surface area contributed by atoms with Crippen LogP contribution in [0.15, 0.2) is 22.8 Å². The highest BCUT2D eigenvalue weighted by Crippen LogP contribution is 2.30. The molecule has 3 rings (SSSR count). The van der Waals surface area contributed by atoms with Crippen LogP contribution in [0.25, 0.3) is 0 Å². The molecule has 162 valence electrons. The van der Waals surface area contributed by atoms with Crippen LogP contribution in [0.4, 0.5) is 0 Å². The SMILES string of the molecule is Cc1ccc(OCCNC(=O)[C@@]2(C)CCCN(C(=O)Cc3nonc3C)C2)c(C)c1. The van der Waals surface area contributed by atoms with E-state index in [4.69, 9.17) is 4.74 Å². The van der Waals surface area contributed by atoms with E-state index < -0.39 is 5.41 Å². The van der Waals surface area contributed by atoms with Crippen molar-refractivity contribution in [2.75, 3.05) is 26.2 Å². The quantitative estimate of drug-likeness (QED) is 0.699. The first kappa shape index (κ1) is 21.8. The summed E-state index contributed by atoms with van der Waals surface area (Å²) in [6.07, 6.45) is 1.66. The zero-order valence-corrected chi connectivity index (χ0v) is 18.2. The molecule has 8 nitrogen and oxygen atoms in total. The van der Waals surface area contributed by atoms with Gasteiger partial charge in [-0.3, -0.25) is 9.59 Å². The Morgan fingerprint density at radius 1 is 1.27 bits per heavy atom. The van der Waals surface area contributed by atoms with Crippen molar-refractivity contribution < 1.29 is 19.0 Å². The maximum absolute atomic E-state index is 12.8. The van der Waals surface area contributed by atoms with E-state index >= 15 is 0 Å². The minimum Gasteiger partial charge on any atom is -0.491 e. The number of rotatable bonds is 7. The molecule has 8 heteroatoms. The first-order chi connectivity index (χ1) is 14.3. The number of piperidine rings is 1. The second kappa shape index (κ2) is 9.28. The Labute approximate surface area is 176 Å². The number of hydrogen-bond acceptors (Lipinski definition) is 6. The van der Waals surface area contributed by atoms with Gasteiger partial charge in [-0.15, -0.1) is 0 Å². The van der Waals surface area contributed by atoms with Crippen LogP contribution in [0.2, 0.25) is 0 Å². The molecule has 1 N–H and O–H groups in total. The third-order valence-corrected chi connectivity index (χ3v) is 5.64. The van der Waals surface area contributed by atoms with Crippen LogP contribution < -0.4 is 10.1 Å². The summed E-state index contributed by atoms with van der Waals surface area (Å²) in [5, 5.41) is 10.5. The second-order valence-corrected chi connectivity index (χ2v) is 8.33. The maximum atomic E-state index is 12.8. The molecule has 1 aromatic heterocycles. The van der Waals surface area contributed by atoms with E-state index in [0.29, 0.717) is 37.6 Å². The van der Waals surface area contributed by atoms with Crippen LogP contribution in [0.3, 0.4) is 0 Å². The third-order valence-electron chi connectivity index (χ3n) is 5.64. The van der Waals surface area contributed by atoms with Crippen LogP contribution >= 0.6 is 0 Å². The fourth-order valence-electron chi connectivity index (χ4n) is 3.80. The van der Waals surface area contributed by atoms with E-state index in [-0.39, 0.29) is 18.2 Å². The third kappa shape index (κ3) is 5.17. The Morgan fingerprint density at radius 2 is 2.07 bits per heavy atom. The minimum atomic E-state index is -0.620. The number of carbonyl (C=O) groups is 2. The van der Waals surface area contributed by atoms with Gasteiger partial charge in [0.05, 0.1) is 18.4 Å². The summed E-state index contributed by atoms with van der Waals surface area (Å²) in [4.78, 5) is 27.2. The summed E-state index contributed by atoms with van der Waals surface area (Å²) >= 11 is 0. The summed E-state index contributed by atoms with van der Waals surface area (Å²) in [5.74, 6) is 0.711. The minimum absolute atomic E-state index is 0.0523. The average molecular weight is 415 g/mol. The molecule has 30 heavy (non-hydrogen) atoms. The zero-order chi connectivity index (χ0) is 21.7. The number of ether oxygens (including phenoxy) is 1. The molecule has 1 fully saturated rings. The highest BCUT2D eigenvalue weighted by molar-refractivity contribution is 5.84. The molecule has 2 heterocycles. The van der Waals surface area contributed by atoms with Crippen molar-refractivity contribution in [2.24, 2.45) is 5.41 Å². The number of aryl methyl sites for hydroxylation is 3. The smallest absolute Gasteiger partial charge is 0.228 e. The van der Waals surface area contributed by atoms with Gasteiger partial charge in [-0.25, -0.2) is 4.63 Å². The Bertz CT molecular complexity index is 910. The standard InChI is InChI=1S/C22H30N4O4/c1-15-6-7-19(16(2)12-15)29-11-9-23-21(28)22(4)8-5-10-26(14-22)20(27)13-18-17(3)24-30-25-18/h6-7,12H,5,8-11,13-14H2,1-4H3,(H,23,28)/t22-/m0/s1. The second-order valence-electron chi connectivity index (χ2n) is 8.33. The van der Waals surface area contributed by atoms with E-state index in [2.05, 4.69) is 26.3 Å². The van der Waals surface area contributed by atoms with Crippen molar-refractivity contribution in [3.05, 3.63) is 40.7 Å². The zero-order valence-electron chi connectivity index (χ0n) is 18.2. The lowest BCUT2D eigenvalue weighted by molar-refractivity contribution is -0.140. The predicted octanol–water partition coefficient (Wildman–Crippen LogP) is 2.36. The van der Waals surface area contributed by atoms with Gasteiger partial charge in [0.15, 0.2) is 0 Å². The molecule has 1 aliphatic rings. The maximum Gasteiger partial charge on any atom is 0.228 e. The van der Waals surface area contributed by atoms with Gasteiger partial charge in [-0.1, -0.05) is 28.0 Å². The largest absolute Gasteiger partial charge is 0.491 e. The average Bonchev–Trinajstić information content (AvgIpc) is 3.11. The summed E-state index contributed by atoms with van der Waals surface area (Å²) < 4.78 is 10.5. The van der Waals surface area contributed by atoms with Crippen molar-refractivity contribution in [3.8, 4) is 5.75 Å². The molecule has 0 saturated carbocycles. The van der Waals surface area contributed by atoms with Gasteiger partial charge in [0.1, 0.15) is 23.7 Å². The molecule has 0 unspecified atom stereocenters. The molecule has 0 bridgehead atoms. The number of amides is 2. The lowest BCUT2D eigenvalue weighted by Gasteiger charge is -2.39. The van der Waals surface area contributed by atoms with E-state index in [0.717, 1.165) is 24.2 Å². The Morgan fingerprint density at radius 3 is 2.77 bits per heavy atom. The topological polar surface area (TPSA) is 97.6 Å². The number of nitrogens with zero attached hydrogens (tertiary/aromatic N) is 3. The van der Waals surface area contributed by atoms with Gasteiger partial charge in [-0.05, 0) is 52.2 Å². The number of hydrogen-bond donors (Lipinski definition) is 1. The van der Waals surface area contributed by atoms with Crippen molar-refractivity contribution in [1.29, 1.82) is 0 Å². The van der Waals surface area contributed by atoms with Crippen LogP contribution in [0.5, 0.6) is 5.75 Å². The van der Waals surface area contributed by atoms with E-state index in [1.165, 1.54) is 5.56 Å². The summed E-state index contributed by atoms with van der Waals surface area (Å²) in [7, 11) is 0. The fourth-order valence-corrected chi connectivity index (χ4v) is 3.80. The van der Waals surface area contributed by atoms with Gasteiger partial charge in [-0.2, -0.15) is 0 Å². The summed E-state index contributed by atoms with van der Waals surface area (Å²) in [6.45, 7) is 9.56. The van der Waals surface area contributed by atoms with Gasteiger partial charge in [0.2, 0.25) is 11.8 Å². The molecule has 0 aliphatic carbocycles. The van der Waals surface area contributed by atoms with Crippen molar-refractivity contribution in [3.63, 3.8) is 0 Å². The van der Waals surface area contributed by atoms with Crippen LogP contribution in [0, 0.1) is 26.2 Å². The lowest BCUT2D eigenvalue weighted by Crippen LogP contribution is -2.52. The number of likely N-dealkylation sites (tertiary alicyclic amines) is 1. The first-order valence-electron chi connectivity index (χ1n) is 10.3. The predicted molar refractivity (Wildman–Crippen MR) is 111 cm³/mol. The molecule has 1 aliphatic heterocycles. The number of carbonyl (C=O) groups excluding carboxylic acids is 2. The highest BCUT2D eigenvalue weighted by Gasteiger charge is 2.39. The molecule has 0 spiro atoms. The molecule has 1 atom stereocenters. The van der Waals surface area contributed by atoms with Crippen LogP contribution in [-0.2, 0) is 16.0 Å². The van der Waals surface area contributed by atoms with Crippen LogP contribution in [-0.4, -0.2) is 53.3 Å². The van der Waals surface area contributed by atoms with Crippen LogP contribution in [0.1, 0.15) is 42.3 Å². The number of aromatic nitrogens is 2. The van der Waals surface area contributed by atoms with Gasteiger partial charge in [0, 0.05) is 13.1 Å². The molecule has 2 amide bonds. The van der Waals surface area contributed by atoms with Crippen molar-refractivity contribution in [1.82, 2.24) is 20.5 Å². The van der Waals surface area contributed by atoms with E-state index in [1.54, 1.807) is 11.8 Å². The monoisotopic (exact) mass is 414 g/mol. The molecular weight excluding hydrogens is 384 g/mol. The van der Waals surface area contributed by atoms with Crippen molar-refractivity contribution >= 4 is 11.8 Å².